The first kappa shape index (κ1) is 21.4. The summed E-state index contributed by atoms with van der Waals surface area (Å²) in [7, 11) is 0. The number of aromatic nitrogens is 4. The van der Waals surface area contributed by atoms with Crippen LogP contribution in [0.2, 0.25) is 0 Å². The van der Waals surface area contributed by atoms with E-state index in [-0.39, 0.29) is 17.3 Å². The van der Waals surface area contributed by atoms with E-state index in [0.717, 1.165) is 42.6 Å². The molecule has 0 aliphatic heterocycles. The number of carboxylic acid groups (broad SMARTS) is 1. The van der Waals surface area contributed by atoms with E-state index in [1.54, 1.807) is 16.8 Å². The summed E-state index contributed by atoms with van der Waals surface area (Å²) < 4.78 is 1.81. The number of aryl methyl sites for hydroxylation is 1. The van der Waals surface area contributed by atoms with Crippen molar-refractivity contribution in [2.45, 2.75) is 52.5 Å². The van der Waals surface area contributed by atoms with Gasteiger partial charge >= 0.3 is 5.97 Å². The number of aromatic carboxylic acids is 1. The van der Waals surface area contributed by atoms with E-state index in [0.29, 0.717) is 18.5 Å². The molecule has 3 aromatic rings. The first-order valence-corrected chi connectivity index (χ1v) is 10.3. The fraction of sp³-hybridized carbons (Fsp3) is 0.348. The van der Waals surface area contributed by atoms with Crippen LogP contribution in [0.1, 0.15) is 72.0 Å². The number of rotatable bonds is 10. The molecule has 0 spiro atoms. The van der Waals surface area contributed by atoms with Gasteiger partial charge in [-0.2, -0.15) is 0 Å². The lowest BCUT2D eigenvalue weighted by molar-refractivity contribution is 0.0691. The number of nitrogens with zero attached hydrogens (tertiary/aromatic N) is 4. The summed E-state index contributed by atoms with van der Waals surface area (Å²) in [4.78, 5) is 31.9. The second-order valence-electron chi connectivity index (χ2n) is 7.14. The van der Waals surface area contributed by atoms with E-state index in [9.17, 15) is 14.7 Å². The van der Waals surface area contributed by atoms with Gasteiger partial charge in [0.15, 0.2) is 5.69 Å². The number of carbonyl (C=O) groups excluding carboxylic acids is 1. The Balaban J connectivity index is 1.83. The van der Waals surface area contributed by atoms with Gasteiger partial charge in [-0.1, -0.05) is 57.0 Å². The highest BCUT2D eigenvalue weighted by molar-refractivity contribution is 5.93. The van der Waals surface area contributed by atoms with E-state index < -0.39 is 5.97 Å². The minimum atomic E-state index is -1.05. The molecule has 1 N–H and O–H groups in total. The fourth-order valence-corrected chi connectivity index (χ4v) is 3.27. The van der Waals surface area contributed by atoms with Crippen LogP contribution in [0.25, 0.3) is 11.1 Å². The molecule has 3 rings (SSSR count). The van der Waals surface area contributed by atoms with E-state index in [4.69, 9.17) is 0 Å². The monoisotopic (exact) mass is 406 g/mol. The highest BCUT2D eigenvalue weighted by Crippen LogP contribution is 2.23. The van der Waals surface area contributed by atoms with Crippen molar-refractivity contribution in [2.75, 3.05) is 0 Å². The van der Waals surface area contributed by atoms with E-state index >= 15 is 0 Å². The molecule has 0 aliphatic carbocycles. The number of pyridine rings is 1. The van der Waals surface area contributed by atoms with Crippen LogP contribution in [-0.2, 0) is 13.0 Å². The SMILES string of the molecule is CCCCCc1nc(C(=O)CC)nn1Cc1ccc(-c2cccnc2C(=O)O)cc1. The van der Waals surface area contributed by atoms with Gasteiger partial charge in [0, 0.05) is 24.6 Å². The molecule has 156 valence electrons. The summed E-state index contributed by atoms with van der Waals surface area (Å²) >= 11 is 0. The molecular weight excluding hydrogens is 380 g/mol. The number of unbranched alkanes of at least 4 members (excludes halogenated alkanes) is 2. The molecule has 30 heavy (non-hydrogen) atoms. The lowest BCUT2D eigenvalue weighted by Crippen LogP contribution is -2.08. The van der Waals surface area contributed by atoms with E-state index in [2.05, 4.69) is 22.0 Å². The lowest BCUT2D eigenvalue weighted by atomic mass is 10.0. The molecule has 0 radical (unpaired) electrons. The summed E-state index contributed by atoms with van der Waals surface area (Å²) in [6.07, 6.45) is 5.87. The maximum Gasteiger partial charge on any atom is 0.355 e. The minimum Gasteiger partial charge on any atom is -0.476 e. The van der Waals surface area contributed by atoms with Crippen LogP contribution < -0.4 is 0 Å². The van der Waals surface area contributed by atoms with Crippen molar-refractivity contribution >= 4 is 11.8 Å². The van der Waals surface area contributed by atoms with Gasteiger partial charge in [-0.3, -0.25) is 4.79 Å². The van der Waals surface area contributed by atoms with Crippen molar-refractivity contribution in [3.8, 4) is 11.1 Å². The minimum absolute atomic E-state index is 0.0301. The Hall–Kier alpha value is -3.35. The van der Waals surface area contributed by atoms with Gasteiger partial charge in [-0.05, 0) is 23.6 Å². The standard InChI is InChI=1S/C23H26N4O3/c1-3-5-6-9-20-25-22(19(28)4-2)26-27(20)15-16-10-12-17(13-11-16)18-8-7-14-24-21(18)23(29)30/h7-8,10-14H,3-6,9,15H2,1-2H3,(H,29,30). The molecule has 2 heterocycles. The third-order valence-corrected chi connectivity index (χ3v) is 4.93. The Morgan fingerprint density at radius 1 is 1.07 bits per heavy atom. The predicted octanol–water partition coefficient (Wildman–Crippen LogP) is 4.41. The largest absolute Gasteiger partial charge is 0.476 e. The molecule has 2 aromatic heterocycles. The Morgan fingerprint density at radius 2 is 1.83 bits per heavy atom. The molecule has 7 nitrogen and oxygen atoms in total. The van der Waals surface area contributed by atoms with Crippen LogP contribution in [0.15, 0.2) is 42.6 Å². The molecule has 0 atom stereocenters. The zero-order valence-electron chi connectivity index (χ0n) is 17.3. The zero-order chi connectivity index (χ0) is 21.5. The van der Waals surface area contributed by atoms with Crippen LogP contribution in [-0.4, -0.2) is 36.6 Å². The highest BCUT2D eigenvalue weighted by Gasteiger charge is 2.16. The van der Waals surface area contributed by atoms with Crippen LogP contribution in [0.3, 0.4) is 0 Å². The topological polar surface area (TPSA) is 98.0 Å². The van der Waals surface area contributed by atoms with Gasteiger partial charge in [0.1, 0.15) is 5.82 Å². The molecule has 0 bridgehead atoms. The number of ketones is 1. The first-order valence-electron chi connectivity index (χ1n) is 10.3. The summed E-state index contributed by atoms with van der Waals surface area (Å²) in [5.74, 6) is -0.00687. The van der Waals surface area contributed by atoms with Crippen molar-refractivity contribution in [3.63, 3.8) is 0 Å². The third-order valence-electron chi connectivity index (χ3n) is 4.93. The Bertz CT molecular complexity index is 1030. The quantitative estimate of drug-likeness (QED) is 0.395. The molecule has 0 saturated carbocycles. The molecule has 0 fully saturated rings. The molecule has 0 saturated heterocycles. The Labute approximate surface area is 175 Å². The number of hydrogen-bond acceptors (Lipinski definition) is 5. The number of carbonyl (C=O) groups is 2. The molecule has 0 amide bonds. The van der Waals surface area contributed by atoms with Crippen LogP contribution in [0.4, 0.5) is 0 Å². The zero-order valence-corrected chi connectivity index (χ0v) is 17.3. The average molecular weight is 406 g/mol. The molecule has 1 aromatic carbocycles. The summed E-state index contributed by atoms with van der Waals surface area (Å²) in [6.45, 7) is 4.46. The van der Waals surface area contributed by atoms with Crippen molar-refractivity contribution in [3.05, 3.63) is 65.5 Å². The van der Waals surface area contributed by atoms with Crippen LogP contribution in [0, 0.1) is 0 Å². The second-order valence-corrected chi connectivity index (χ2v) is 7.14. The predicted molar refractivity (Wildman–Crippen MR) is 114 cm³/mol. The molecule has 0 unspecified atom stereocenters. The average Bonchev–Trinajstić information content (AvgIpc) is 3.16. The van der Waals surface area contributed by atoms with Crippen LogP contribution in [0.5, 0.6) is 0 Å². The number of hydrogen-bond donors (Lipinski definition) is 1. The second kappa shape index (κ2) is 9.91. The maximum atomic E-state index is 12.1. The first-order chi connectivity index (χ1) is 14.5. The van der Waals surface area contributed by atoms with Gasteiger partial charge < -0.3 is 5.11 Å². The van der Waals surface area contributed by atoms with Crippen molar-refractivity contribution in [1.29, 1.82) is 0 Å². The van der Waals surface area contributed by atoms with Crippen molar-refractivity contribution in [1.82, 2.24) is 19.7 Å². The number of Topliss-reactive ketones (excluding diaryl/α,β-unsaturated/α-hetero) is 1. The smallest absolute Gasteiger partial charge is 0.355 e. The third kappa shape index (κ3) is 4.97. The highest BCUT2D eigenvalue weighted by atomic mass is 16.4. The van der Waals surface area contributed by atoms with Gasteiger partial charge in [0.05, 0.1) is 6.54 Å². The van der Waals surface area contributed by atoms with Crippen molar-refractivity contribution < 1.29 is 14.7 Å². The normalized spacial score (nSPS) is 10.9. The summed E-state index contributed by atoms with van der Waals surface area (Å²) in [5.41, 5.74) is 2.39. The van der Waals surface area contributed by atoms with E-state index in [1.165, 1.54) is 6.20 Å². The maximum absolute atomic E-state index is 12.1. The fourth-order valence-electron chi connectivity index (χ4n) is 3.27. The Morgan fingerprint density at radius 3 is 2.50 bits per heavy atom. The van der Waals surface area contributed by atoms with Crippen molar-refractivity contribution in [2.24, 2.45) is 0 Å². The Kier molecular flexibility index (Phi) is 7.06. The lowest BCUT2D eigenvalue weighted by Gasteiger charge is -2.08. The molecular formula is C23H26N4O3. The molecule has 7 heteroatoms. The summed E-state index contributed by atoms with van der Waals surface area (Å²) in [5, 5.41) is 13.8. The van der Waals surface area contributed by atoms with Crippen LogP contribution >= 0.6 is 0 Å². The summed E-state index contributed by atoms with van der Waals surface area (Å²) in [6, 6.07) is 11.1. The van der Waals surface area contributed by atoms with Gasteiger partial charge in [0.25, 0.3) is 0 Å². The molecule has 0 aliphatic rings. The van der Waals surface area contributed by atoms with E-state index in [1.807, 2.05) is 31.2 Å². The number of carboxylic acids is 1. The van der Waals surface area contributed by atoms with Gasteiger partial charge in [-0.25, -0.2) is 19.4 Å². The van der Waals surface area contributed by atoms with Gasteiger partial charge in [0.2, 0.25) is 11.6 Å². The number of benzene rings is 1. The van der Waals surface area contributed by atoms with Gasteiger partial charge in [-0.15, -0.1) is 5.10 Å².